The van der Waals surface area contributed by atoms with Crippen LogP contribution in [0.15, 0.2) is 91.1 Å². The highest BCUT2D eigenvalue weighted by atomic mass is 16.4. The molecule has 0 unspecified atom stereocenters. The second-order valence-electron chi connectivity index (χ2n) is 20.6. The number of aliphatic hydroxyl groups is 2. The third-order valence-corrected chi connectivity index (χ3v) is 13.8. The number of carbonyl (C=O) groups excluding carboxylic acids is 8. The molecule has 3 aromatic carbocycles. The van der Waals surface area contributed by atoms with Crippen LogP contribution >= 0.6 is 0 Å². The summed E-state index contributed by atoms with van der Waals surface area (Å²) in [6.07, 6.45) is -0.182. The number of hydrogen-bond acceptors (Lipinski definition) is 13. The first-order chi connectivity index (χ1) is 37.9. The summed E-state index contributed by atoms with van der Waals surface area (Å²) in [7, 11) is 0. The van der Waals surface area contributed by atoms with Gasteiger partial charge in [-0.25, -0.2) is 4.79 Å². The molecule has 0 aliphatic rings. The van der Waals surface area contributed by atoms with Gasteiger partial charge < -0.3 is 74.3 Å². The van der Waals surface area contributed by atoms with Crippen LogP contribution < -0.4 is 54.0 Å². The van der Waals surface area contributed by atoms with Gasteiger partial charge in [-0.2, -0.15) is 0 Å². The van der Waals surface area contributed by atoms with Gasteiger partial charge in [-0.1, -0.05) is 113 Å². The molecule has 23 heteroatoms. The monoisotopic (exact) mass is 1110 g/mol. The maximum absolute atomic E-state index is 14.6. The average Bonchev–Trinajstić information content (AvgIpc) is 3.83. The highest BCUT2D eigenvalue weighted by Crippen LogP contribution is 2.20. The molecule has 4 aromatic rings. The molecule has 0 saturated carbocycles. The Kier molecular flexibility index (Phi) is 25.7. The van der Waals surface area contributed by atoms with Crippen LogP contribution in [0.2, 0.25) is 0 Å². The first-order valence-electron chi connectivity index (χ1n) is 27.1. The van der Waals surface area contributed by atoms with Crippen molar-refractivity contribution in [3.63, 3.8) is 0 Å². The van der Waals surface area contributed by atoms with Gasteiger partial charge in [-0.05, 0) is 87.6 Å². The zero-order chi connectivity index (χ0) is 59.2. The molecule has 436 valence electrons. The number of para-hydroxylation sites is 1. The number of nitrogens with two attached hydrogens (primary N) is 2. The van der Waals surface area contributed by atoms with Gasteiger partial charge in [0.2, 0.25) is 47.3 Å². The zero-order valence-electron chi connectivity index (χ0n) is 46.5. The van der Waals surface area contributed by atoms with Crippen molar-refractivity contribution in [1.82, 2.24) is 47.5 Å². The van der Waals surface area contributed by atoms with Gasteiger partial charge in [0.25, 0.3) is 0 Å². The fourth-order valence-electron chi connectivity index (χ4n) is 8.75. The Bertz CT molecular complexity index is 2700. The van der Waals surface area contributed by atoms with E-state index in [-0.39, 0.29) is 32.2 Å². The number of aromatic nitrogens is 1. The molecule has 0 bridgehead atoms. The summed E-state index contributed by atoms with van der Waals surface area (Å²) in [4.78, 5) is 127. The number of unbranched alkanes of at least 4 members (excludes halogenated alkanes) is 1. The minimum absolute atomic E-state index is 0.0499. The van der Waals surface area contributed by atoms with Crippen LogP contribution in [0.3, 0.4) is 0 Å². The molecule has 0 radical (unpaired) electrons. The molecule has 0 aliphatic carbocycles. The lowest BCUT2D eigenvalue weighted by atomic mass is 9.96. The summed E-state index contributed by atoms with van der Waals surface area (Å²) in [5.74, 6) is -9.08. The Hall–Kier alpha value is -7.73. The fraction of sp³-hybridized carbons (Fsp3) is 0.491. The summed E-state index contributed by atoms with van der Waals surface area (Å²) in [6.45, 7) is 10.8. The van der Waals surface area contributed by atoms with Crippen molar-refractivity contribution in [2.45, 2.75) is 160 Å². The van der Waals surface area contributed by atoms with E-state index in [1.807, 2.05) is 55.5 Å². The lowest BCUT2D eigenvalue weighted by Gasteiger charge is -2.29. The second-order valence-corrected chi connectivity index (χ2v) is 20.6. The molecule has 80 heavy (non-hydrogen) atoms. The van der Waals surface area contributed by atoms with Crippen LogP contribution in [-0.4, -0.2) is 147 Å². The smallest absolute Gasteiger partial charge is 0.326 e. The molecule has 8 amide bonds. The van der Waals surface area contributed by atoms with Crippen LogP contribution in [0.25, 0.3) is 10.9 Å². The largest absolute Gasteiger partial charge is 0.480 e. The molecule has 0 fully saturated rings. The Morgan fingerprint density at radius 2 is 0.975 bits per heavy atom. The van der Waals surface area contributed by atoms with E-state index >= 15 is 0 Å². The second kappa shape index (κ2) is 31.8. The number of carboxylic acid groups (broad SMARTS) is 1. The SMILES string of the molecule is CC[C@H](C)[C@H](NC(=O)[C@@H](N)Cc1ccccc1)C(=O)N[C@@H](Cc1c[nH]c2ccccc12)C(=O)N[C@H](C(=O)N[C@@H](Cc1ccccc1)C(=O)N[C@@H](C)C(=O)N[C@H](C(=O)N[C@@H](CCCCN)C(=O)N[C@H](C(=O)O)C(C)C)[C@@H](C)O)[C@@H](C)O. The maximum Gasteiger partial charge on any atom is 0.326 e. The van der Waals surface area contributed by atoms with Gasteiger partial charge in [0.1, 0.15) is 48.3 Å². The number of amides is 8. The Labute approximate surface area is 466 Å². The number of fused-ring (bicyclic) bond motifs is 1. The van der Waals surface area contributed by atoms with Crippen molar-refractivity contribution in [3.8, 4) is 0 Å². The van der Waals surface area contributed by atoms with Gasteiger partial charge in [-0.3, -0.25) is 38.4 Å². The molecule has 0 aliphatic heterocycles. The van der Waals surface area contributed by atoms with E-state index in [4.69, 9.17) is 11.5 Å². The van der Waals surface area contributed by atoms with E-state index in [2.05, 4.69) is 47.5 Å². The number of hydrogen-bond donors (Lipinski definition) is 14. The third-order valence-electron chi connectivity index (χ3n) is 13.8. The third kappa shape index (κ3) is 19.6. The molecular formula is C57H81N11O12. The normalized spacial score (nSPS) is 15.8. The van der Waals surface area contributed by atoms with E-state index in [0.29, 0.717) is 30.4 Å². The number of H-pyrrole nitrogens is 1. The number of benzene rings is 3. The molecule has 16 N–H and O–H groups in total. The first kappa shape index (κ1) is 64.8. The standard InChI is InChI=1S/C57H81N11O12/c1-8-32(4)46(66-50(72)40(59)27-36-19-11-9-12-20-36)54(76)64-44(29-38-30-60-41-24-16-15-23-39(38)41)53(75)68-48(35(7)70)56(78)63-43(28-37-21-13-10-14-22-37)52(74)61-33(5)49(71)67-47(34(6)69)55(77)62-42(25-17-18-26-58)51(73)65-45(31(2)3)57(79)80/h9-16,19-24,30-35,40,42-48,60,69-70H,8,17-18,25-29,58-59H2,1-7H3,(H,61,74)(H,62,77)(H,63,78)(H,64,76)(H,65,73)(H,66,72)(H,67,71)(H,68,75)(H,79,80)/t32-,33-,34+,35+,40-,42-,43-,44-,45-,46-,47-,48-/m0/s1. The van der Waals surface area contributed by atoms with E-state index < -0.39 is 132 Å². The minimum Gasteiger partial charge on any atom is -0.480 e. The van der Waals surface area contributed by atoms with Crippen molar-refractivity contribution < 1.29 is 58.5 Å². The van der Waals surface area contributed by atoms with Crippen LogP contribution in [0.5, 0.6) is 0 Å². The topological polar surface area (TPSA) is 378 Å². The van der Waals surface area contributed by atoms with E-state index in [1.54, 1.807) is 63.4 Å². The predicted molar refractivity (Wildman–Crippen MR) is 300 cm³/mol. The van der Waals surface area contributed by atoms with Crippen LogP contribution in [0.1, 0.15) is 90.8 Å². The summed E-state index contributed by atoms with van der Waals surface area (Å²) in [5, 5.41) is 52.8. The minimum atomic E-state index is -1.73. The molecule has 1 aromatic heterocycles. The Balaban J connectivity index is 1.56. The highest BCUT2D eigenvalue weighted by Gasteiger charge is 2.37. The zero-order valence-corrected chi connectivity index (χ0v) is 46.5. The summed E-state index contributed by atoms with van der Waals surface area (Å²) < 4.78 is 0. The van der Waals surface area contributed by atoms with Gasteiger partial charge >= 0.3 is 5.97 Å². The van der Waals surface area contributed by atoms with E-state index in [9.17, 15) is 58.5 Å². The molecule has 12 atom stereocenters. The number of aromatic amines is 1. The Morgan fingerprint density at radius 3 is 1.51 bits per heavy atom. The lowest BCUT2D eigenvalue weighted by molar-refractivity contribution is -0.143. The molecule has 0 spiro atoms. The molecule has 0 saturated heterocycles. The van der Waals surface area contributed by atoms with Crippen molar-refractivity contribution >= 4 is 64.1 Å². The van der Waals surface area contributed by atoms with Gasteiger partial charge in [0.05, 0.1) is 18.2 Å². The molecule has 23 nitrogen and oxygen atoms in total. The van der Waals surface area contributed by atoms with Gasteiger partial charge in [-0.15, -0.1) is 0 Å². The summed E-state index contributed by atoms with van der Waals surface area (Å²) >= 11 is 0. The summed E-state index contributed by atoms with van der Waals surface area (Å²) in [5.41, 5.74) is 14.7. The van der Waals surface area contributed by atoms with E-state index in [1.165, 1.54) is 20.8 Å². The van der Waals surface area contributed by atoms with E-state index in [0.717, 1.165) is 16.5 Å². The van der Waals surface area contributed by atoms with Crippen molar-refractivity contribution in [2.75, 3.05) is 6.54 Å². The maximum atomic E-state index is 14.6. The van der Waals surface area contributed by atoms with Crippen LogP contribution in [0.4, 0.5) is 0 Å². The van der Waals surface area contributed by atoms with Crippen molar-refractivity contribution in [1.29, 1.82) is 0 Å². The molecular weight excluding hydrogens is 1030 g/mol. The summed E-state index contributed by atoms with van der Waals surface area (Å²) in [6, 6.07) is 12.5. The number of carbonyl (C=O) groups is 9. The molecule has 4 rings (SSSR count). The van der Waals surface area contributed by atoms with Crippen LogP contribution in [-0.2, 0) is 62.4 Å². The number of aliphatic hydroxyl groups excluding tert-OH is 2. The van der Waals surface area contributed by atoms with Crippen molar-refractivity contribution in [3.05, 3.63) is 108 Å². The number of carboxylic acids is 1. The molecule has 1 heterocycles. The van der Waals surface area contributed by atoms with Gasteiger partial charge in [0.15, 0.2) is 0 Å². The van der Waals surface area contributed by atoms with Crippen LogP contribution in [0, 0.1) is 11.8 Å². The number of aliphatic carboxylic acids is 1. The first-order valence-corrected chi connectivity index (χ1v) is 27.1. The quantitative estimate of drug-likeness (QED) is 0.0289. The average molecular weight is 1110 g/mol. The Morgan fingerprint density at radius 1 is 0.512 bits per heavy atom. The fourth-order valence-corrected chi connectivity index (χ4v) is 8.75. The predicted octanol–water partition coefficient (Wildman–Crippen LogP) is 0.0987. The highest BCUT2D eigenvalue weighted by molar-refractivity contribution is 5.99. The van der Waals surface area contributed by atoms with Gasteiger partial charge in [0, 0.05) is 29.9 Å². The number of rotatable bonds is 32. The lowest BCUT2D eigenvalue weighted by Crippen LogP contribution is -2.63. The van der Waals surface area contributed by atoms with Crippen molar-refractivity contribution in [2.24, 2.45) is 23.3 Å². The number of nitrogens with one attached hydrogen (secondary N) is 9.